The highest BCUT2D eigenvalue weighted by molar-refractivity contribution is 5.45. The van der Waals surface area contributed by atoms with Gasteiger partial charge in [0.2, 0.25) is 0 Å². The minimum Gasteiger partial charge on any atom is -0.508 e. The number of rotatable bonds is 21. The molecule has 0 atom stereocenters. The van der Waals surface area contributed by atoms with E-state index in [-0.39, 0.29) is 0 Å². The Balaban J connectivity index is 2.63. The van der Waals surface area contributed by atoms with Crippen molar-refractivity contribution >= 4 is 0 Å². The molecule has 0 aliphatic carbocycles. The van der Waals surface area contributed by atoms with Crippen molar-refractivity contribution in [2.24, 2.45) is 0 Å². The van der Waals surface area contributed by atoms with E-state index in [4.69, 9.17) is 0 Å². The van der Waals surface area contributed by atoms with E-state index in [1.807, 2.05) is 6.07 Å². The van der Waals surface area contributed by atoms with Gasteiger partial charge in [0, 0.05) is 0 Å². The van der Waals surface area contributed by atoms with Crippen LogP contribution in [0.25, 0.3) is 0 Å². The zero-order chi connectivity index (χ0) is 22.6. The van der Waals surface area contributed by atoms with E-state index >= 15 is 0 Å². The number of unbranched alkanes of at least 4 members (excludes halogenated alkanes) is 15. The summed E-state index contributed by atoms with van der Waals surface area (Å²) < 4.78 is 0. The molecular weight excluding hydrogens is 376 g/mol. The Hall–Kier alpha value is -0.980. The van der Waals surface area contributed by atoms with Gasteiger partial charge >= 0.3 is 0 Å². The smallest absolute Gasteiger partial charge is 0.119 e. The van der Waals surface area contributed by atoms with Crippen molar-refractivity contribution in [1.29, 1.82) is 0 Å². The van der Waals surface area contributed by atoms with Crippen molar-refractivity contribution in [2.75, 3.05) is 0 Å². The molecule has 1 N–H and O–H groups in total. The van der Waals surface area contributed by atoms with Crippen LogP contribution < -0.4 is 0 Å². The number of aromatic hydroxyl groups is 1. The van der Waals surface area contributed by atoms with E-state index in [0.29, 0.717) is 5.75 Å². The summed E-state index contributed by atoms with van der Waals surface area (Å²) >= 11 is 0. The monoisotopic (exact) mass is 430 g/mol. The summed E-state index contributed by atoms with van der Waals surface area (Å²) in [5.74, 6) is 0.557. The third-order valence-electron chi connectivity index (χ3n) is 6.86. The number of benzene rings is 1. The van der Waals surface area contributed by atoms with Crippen LogP contribution in [-0.2, 0) is 19.3 Å². The molecule has 0 radical (unpaired) electrons. The van der Waals surface area contributed by atoms with Gasteiger partial charge in [-0.15, -0.1) is 0 Å². The number of phenolic OH excluding ortho intramolecular Hbond substituents is 1. The average molecular weight is 431 g/mol. The maximum Gasteiger partial charge on any atom is 0.119 e. The first kappa shape index (κ1) is 28.1. The van der Waals surface area contributed by atoms with Crippen LogP contribution in [0.3, 0.4) is 0 Å². The molecule has 31 heavy (non-hydrogen) atoms. The third kappa shape index (κ3) is 13.2. The maximum atomic E-state index is 10.7. The van der Waals surface area contributed by atoms with Gasteiger partial charge in [-0.3, -0.25) is 0 Å². The van der Waals surface area contributed by atoms with E-state index in [2.05, 4.69) is 26.8 Å². The van der Waals surface area contributed by atoms with Gasteiger partial charge in [-0.25, -0.2) is 0 Å². The van der Waals surface area contributed by atoms with Crippen LogP contribution in [0, 0.1) is 0 Å². The lowest BCUT2D eigenvalue weighted by Crippen LogP contribution is -2.03. The first-order chi connectivity index (χ1) is 15.2. The third-order valence-corrected chi connectivity index (χ3v) is 6.86. The fourth-order valence-electron chi connectivity index (χ4n) is 4.81. The molecule has 0 spiro atoms. The Bertz CT molecular complexity index is 533. The Kier molecular flexibility index (Phi) is 17.8. The lowest BCUT2D eigenvalue weighted by Gasteiger charge is -2.17. The molecule has 1 rings (SSSR count). The molecule has 180 valence electrons. The first-order valence-electron chi connectivity index (χ1n) is 14.1. The van der Waals surface area contributed by atoms with Crippen LogP contribution >= 0.6 is 0 Å². The Morgan fingerprint density at radius 1 is 0.452 bits per heavy atom. The first-order valence-corrected chi connectivity index (χ1v) is 14.1. The zero-order valence-corrected chi connectivity index (χ0v) is 21.5. The fourth-order valence-corrected chi connectivity index (χ4v) is 4.81. The van der Waals surface area contributed by atoms with Gasteiger partial charge in [0.15, 0.2) is 0 Å². The molecule has 0 heterocycles. The van der Waals surface area contributed by atoms with E-state index in [0.717, 1.165) is 12.8 Å². The highest BCUT2D eigenvalue weighted by atomic mass is 16.3. The van der Waals surface area contributed by atoms with Crippen LogP contribution in [0.5, 0.6) is 5.75 Å². The Morgan fingerprint density at radius 3 is 1.32 bits per heavy atom. The molecule has 0 amide bonds. The highest BCUT2D eigenvalue weighted by Gasteiger charge is 2.13. The molecule has 0 aromatic heterocycles. The summed E-state index contributed by atoms with van der Waals surface area (Å²) in [5, 5.41) is 10.7. The van der Waals surface area contributed by atoms with Crippen molar-refractivity contribution in [2.45, 2.75) is 156 Å². The van der Waals surface area contributed by atoms with Crippen LogP contribution in [0.15, 0.2) is 12.1 Å². The predicted octanol–water partition coefficient (Wildman–Crippen LogP) is 10.1. The van der Waals surface area contributed by atoms with Crippen LogP contribution in [0.1, 0.15) is 153 Å². The van der Waals surface area contributed by atoms with Crippen LogP contribution in [-0.4, -0.2) is 5.11 Å². The molecule has 0 unspecified atom stereocenters. The van der Waals surface area contributed by atoms with Gasteiger partial charge in [-0.1, -0.05) is 123 Å². The van der Waals surface area contributed by atoms with Crippen molar-refractivity contribution < 1.29 is 5.11 Å². The minimum atomic E-state index is 0.557. The maximum absolute atomic E-state index is 10.7. The second kappa shape index (κ2) is 19.7. The lowest BCUT2D eigenvalue weighted by atomic mass is 9.89. The quantitative estimate of drug-likeness (QED) is 0.192. The number of hydrogen-bond donors (Lipinski definition) is 1. The van der Waals surface area contributed by atoms with Crippen molar-refractivity contribution in [3.8, 4) is 5.75 Å². The van der Waals surface area contributed by atoms with E-state index in [9.17, 15) is 5.11 Å². The molecule has 0 saturated carbocycles. The summed E-state index contributed by atoms with van der Waals surface area (Å²) in [6.07, 6.45) is 27.5. The Labute approximate surface area is 195 Å². The fraction of sp³-hybridized carbons (Fsp3) is 0.800. The number of phenols is 1. The molecule has 0 aliphatic rings. The molecule has 0 fully saturated rings. The zero-order valence-electron chi connectivity index (χ0n) is 21.5. The van der Waals surface area contributed by atoms with Crippen molar-refractivity contribution in [3.05, 3.63) is 28.8 Å². The molecule has 1 heteroatoms. The molecule has 0 aliphatic heterocycles. The van der Waals surface area contributed by atoms with Crippen molar-refractivity contribution in [3.63, 3.8) is 0 Å². The topological polar surface area (TPSA) is 20.2 Å². The highest BCUT2D eigenvalue weighted by Crippen LogP contribution is 2.30. The Morgan fingerprint density at radius 2 is 0.839 bits per heavy atom. The molecule has 0 bridgehead atoms. The molecular formula is C30H54O. The summed E-state index contributed by atoms with van der Waals surface area (Å²) in [4.78, 5) is 0. The average Bonchev–Trinajstić information content (AvgIpc) is 2.77. The lowest BCUT2D eigenvalue weighted by molar-refractivity contribution is 0.463. The molecule has 1 nitrogen and oxygen atoms in total. The van der Waals surface area contributed by atoms with Gasteiger partial charge in [-0.05, 0) is 61.3 Å². The van der Waals surface area contributed by atoms with Crippen LogP contribution in [0.4, 0.5) is 0 Å². The van der Waals surface area contributed by atoms with Gasteiger partial charge in [-0.2, -0.15) is 0 Å². The SMILES string of the molecule is CCCCCCCCCCc1c(O)ccc(CCCCCCC)c1CCCCCCC. The molecule has 0 saturated heterocycles. The van der Waals surface area contributed by atoms with Gasteiger partial charge < -0.3 is 5.11 Å². The number of aryl methyl sites for hydroxylation is 1. The summed E-state index contributed by atoms with van der Waals surface area (Å²) in [6.45, 7) is 6.86. The second-order valence-electron chi connectivity index (χ2n) is 9.75. The van der Waals surface area contributed by atoms with E-state index in [1.54, 1.807) is 0 Å². The summed E-state index contributed by atoms with van der Waals surface area (Å²) in [6, 6.07) is 4.22. The van der Waals surface area contributed by atoms with Gasteiger partial charge in [0.1, 0.15) is 5.75 Å². The van der Waals surface area contributed by atoms with Crippen LogP contribution in [0.2, 0.25) is 0 Å². The van der Waals surface area contributed by atoms with Gasteiger partial charge in [0.25, 0.3) is 0 Å². The number of hydrogen-bond acceptors (Lipinski definition) is 1. The van der Waals surface area contributed by atoms with Gasteiger partial charge in [0.05, 0.1) is 0 Å². The minimum absolute atomic E-state index is 0.557. The molecule has 1 aromatic carbocycles. The standard InChI is InChI=1S/C30H54O/c1-4-7-10-13-14-15-18-21-24-29-28(23-20-17-12-9-6-3)27(25-26-30(29)31)22-19-16-11-8-5-2/h25-26,31H,4-24H2,1-3H3. The van der Waals surface area contributed by atoms with E-state index < -0.39 is 0 Å². The molecule has 1 aromatic rings. The largest absolute Gasteiger partial charge is 0.508 e. The summed E-state index contributed by atoms with van der Waals surface area (Å²) in [5.41, 5.74) is 4.32. The summed E-state index contributed by atoms with van der Waals surface area (Å²) in [7, 11) is 0. The predicted molar refractivity (Wildman–Crippen MR) is 139 cm³/mol. The normalized spacial score (nSPS) is 11.3. The van der Waals surface area contributed by atoms with E-state index in [1.165, 1.54) is 139 Å². The van der Waals surface area contributed by atoms with Crippen molar-refractivity contribution in [1.82, 2.24) is 0 Å². The second-order valence-corrected chi connectivity index (χ2v) is 9.75.